The fourth-order valence-corrected chi connectivity index (χ4v) is 5.02. The Balaban J connectivity index is 1.67. The highest BCUT2D eigenvalue weighted by Crippen LogP contribution is 2.32. The average molecular weight is 442 g/mol. The lowest BCUT2D eigenvalue weighted by atomic mass is 10.0. The maximum atomic E-state index is 11.5. The van der Waals surface area contributed by atoms with Gasteiger partial charge in [0, 0.05) is 22.9 Å². The van der Waals surface area contributed by atoms with E-state index in [9.17, 15) is 14.9 Å². The van der Waals surface area contributed by atoms with Gasteiger partial charge in [-0.1, -0.05) is 35.0 Å². The maximum Gasteiger partial charge on any atom is 0.270 e. The van der Waals surface area contributed by atoms with Crippen LogP contribution in [0.15, 0.2) is 34.7 Å². The van der Waals surface area contributed by atoms with E-state index in [1.54, 1.807) is 23.1 Å². The second-order valence-electron chi connectivity index (χ2n) is 5.63. The van der Waals surface area contributed by atoms with Crippen LogP contribution in [0, 0.1) is 10.1 Å². The molecule has 0 aliphatic rings. The molecule has 0 fully saturated rings. The Morgan fingerprint density at radius 2 is 2.07 bits per heavy atom. The van der Waals surface area contributed by atoms with Crippen molar-refractivity contribution in [3.8, 4) is 0 Å². The number of nitro benzene ring substituents is 1. The van der Waals surface area contributed by atoms with Gasteiger partial charge >= 0.3 is 0 Å². The number of benzene rings is 2. The van der Waals surface area contributed by atoms with Crippen LogP contribution in [0.4, 0.5) is 5.69 Å². The zero-order chi connectivity index (χ0) is 19.6. The molecular weight excluding hydrogens is 429 g/mol. The number of aryl methyl sites for hydroxylation is 1. The summed E-state index contributed by atoms with van der Waals surface area (Å²) in [6.07, 6.45) is 1.20. The van der Waals surface area contributed by atoms with Crippen LogP contribution in [-0.4, -0.2) is 21.6 Å². The monoisotopic (exact) mass is 441 g/mol. The third kappa shape index (κ3) is 4.70. The molecule has 0 atom stereocenters. The molecule has 0 aliphatic carbocycles. The fourth-order valence-electron chi connectivity index (χ4n) is 2.50. The summed E-state index contributed by atoms with van der Waals surface area (Å²) in [6, 6.07) is 8.09. The van der Waals surface area contributed by atoms with Gasteiger partial charge in [0.1, 0.15) is 0 Å². The Kier molecular flexibility index (Phi) is 6.21. The summed E-state index contributed by atoms with van der Waals surface area (Å²) >= 11 is 15.3. The normalized spacial score (nSPS) is 11.0. The van der Waals surface area contributed by atoms with E-state index in [1.807, 2.05) is 18.2 Å². The lowest BCUT2D eigenvalue weighted by Crippen LogP contribution is -2.13. The van der Waals surface area contributed by atoms with Crippen molar-refractivity contribution >= 4 is 68.1 Å². The molecule has 2 aromatic carbocycles. The number of non-ortho nitro benzene ring substituents is 1. The van der Waals surface area contributed by atoms with Crippen molar-refractivity contribution in [3.05, 3.63) is 61.6 Å². The number of nitrogens with two attached hydrogens (primary N) is 1. The standard InChI is InChI=1S/C17H13Cl2N3O3S2/c18-10-3-4-14-13(7-10)21-17(27-14)26-5-1-2-9-6-11(22(24)25)8-12(15(9)19)16(20)23/h3-4,6-8H,1-2,5H2,(H2,20,23). The number of fused-ring (bicyclic) bond motifs is 1. The van der Waals surface area contributed by atoms with Gasteiger partial charge in [0.15, 0.2) is 4.34 Å². The second-order valence-corrected chi connectivity index (χ2v) is 8.82. The smallest absolute Gasteiger partial charge is 0.270 e. The molecule has 1 heterocycles. The molecule has 10 heteroatoms. The molecule has 0 saturated carbocycles. The minimum Gasteiger partial charge on any atom is -0.366 e. The summed E-state index contributed by atoms with van der Waals surface area (Å²) in [5.41, 5.74) is 6.44. The molecule has 1 amide bonds. The van der Waals surface area contributed by atoms with Crippen LogP contribution in [-0.2, 0) is 6.42 Å². The Hall–Kier alpha value is -1.87. The third-order valence-electron chi connectivity index (χ3n) is 3.75. The first-order valence-electron chi connectivity index (χ1n) is 7.80. The molecule has 0 saturated heterocycles. The largest absolute Gasteiger partial charge is 0.366 e. The molecule has 0 bridgehead atoms. The minimum atomic E-state index is -0.785. The number of thioether (sulfide) groups is 1. The van der Waals surface area contributed by atoms with Crippen LogP contribution in [0.2, 0.25) is 10.0 Å². The number of nitrogens with zero attached hydrogens (tertiary/aromatic N) is 2. The van der Waals surface area contributed by atoms with Crippen molar-refractivity contribution < 1.29 is 9.72 Å². The number of hydrogen-bond donors (Lipinski definition) is 1. The van der Waals surface area contributed by atoms with Crippen molar-refractivity contribution in [3.63, 3.8) is 0 Å². The Morgan fingerprint density at radius 3 is 2.78 bits per heavy atom. The van der Waals surface area contributed by atoms with Gasteiger partial charge in [-0.2, -0.15) is 0 Å². The Morgan fingerprint density at radius 1 is 1.30 bits per heavy atom. The summed E-state index contributed by atoms with van der Waals surface area (Å²) in [5, 5.41) is 11.9. The zero-order valence-electron chi connectivity index (χ0n) is 13.8. The molecule has 27 heavy (non-hydrogen) atoms. The van der Waals surface area contributed by atoms with E-state index >= 15 is 0 Å². The molecule has 0 radical (unpaired) electrons. The van der Waals surface area contributed by atoms with Crippen molar-refractivity contribution in [1.29, 1.82) is 0 Å². The Labute approximate surface area is 172 Å². The van der Waals surface area contributed by atoms with Crippen LogP contribution in [0.5, 0.6) is 0 Å². The van der Waals surface area contributed by atoms with Gasteiger partial charge in [0.25, 0.3) is 5.69 Å². The number of aromatic nitrogens is 1. The fraction of sp³-hybridized carbons (Fsp3) is 0.176. The number of hydrogen-bond acceptors (Lipinski definition) is 6. The van der Waals surface area contributed by atoms with Gasteiger partial charge < -0.3 is 5.73 Å². The number of halogens is 2. The molecule has 140 valence electrons. The number of nitro groups is 1. The third-order valence-corrected chi connectivity index (χ3v) is 6.70. The lowest BCUT2D eigenvalue weighted by Gasteiger charge is -2.07. The van der Waals surface area contributed by atoms with E-state index < -0.39 is 10.8 Å². The number of carbonyl (C=O) groups excluding carboxylic acids is 1. The molecule has 2 N–H and O–H groups in total. The van der Waals surface area contributed by atoms with Gasteiger partial charge in [-0.05, 0) is 36.6 Å². The quantitative estimate of drug-likeness (QED) is 0.231. The predicted molar refractivity (Wildman–Crippen MR) is 110 cm³/mol. The van der Waals surface area contributed by atoms with Crippen molar-refractivity contribution in [2.24, 2.45) is 5.73 Å². The minimum absolute atomic E-state index is 0.0310. The molecule has 3 rings (SSSR count). The maximum absolute atomic E-state index is 11.5. The van der Waals surface area contributed by atoms with Crippen LogP contribution >= 0.6 is 46.3 Å². The second kappa shape index (κ2) is 8.43. The highest BCUT2D eigenvalue weighted by molar-refractivity contribution is 8.01. The molecule has 6 nitrogen and oxygen atoms in total. The molecule has 1 aromatic heterocycles. The van der Waals surface area contributed by atoms with E-state index in [2.05, 4.69) is 4.98 Å². The Bertz CT molecular complexity index is 1040. The number of thiazole rings is 1. The van der Waals surface area contributed by atoms with Gasteiger partial charge in [0.05, 0.1) is 25.7 Å². The van der Waals surface area contributed by atoms with Crippen molar-refractivity contribution in [2.75, 3.05) is 5.75 Å². The van der Waals surface area contributed by atoms with Crippen LogP contribution in [0.25, 0.3) is 10.2 Å². The van der Waals surface area contributed by atoms with Crippen molar-refractivity contribution in [1.82, 2.24) is 4.98 Å². The highest BCUT2D eigenvalue weighted by Gasteiger charge is 2.18. The molecule has 0 unspecified atom stereocenters. The SMILES string of the molecule is NC(=O)c1cc([N+](=O)[O-])cc(CCCSc2nc3cc(Cl)ccc3s2)c1Cl. The van der Waals surface area contributed by atoms with Gasteiger partial charge in [-0.3, -0.25) is 14.9 Å². The zero-order valence-corrected chi connectivity index (χ0v) is 16.9. The topological polar surface area (TPSA) is 99.1 Å². The van der Waals surface area contributed by atoms with E-state index in [1.165, 1.54) is 6.07 Å². The summed E-state index contributed by atoms with van der Waals surface area (Å²) in [4.78, 5) is 26.5. The first-order valence-corrected chi connectivity index (χ1v) is 10.4. The lowest BCUT2D eigenvalue weighted by molar-refractivity contribution is -0.384. The van der Waals surface area contributed by atoms with Crippen LogP contribution in [0.1, 0.15) is 22.3 Å². The summed E-state index contributed by atoms with van der Waals surface area (Å²) in [7, 11) is 0. The summed E-state index contributed by atoms with van der Waals surface area (Å²) in [6.45, 7) is 0. The van der Waals surface area contributed by atoms with E-state index in [0.717, 1.165) is 26.4 Å². The van der Waals surface area contributed by atoms with Gasteiger partial charge in [0.2, 0.25) is 5.91 Å². The van der Waals surface area contributed by atoms with Crippen molar-refractivity contribution in [2.45, 2.75) is 17.2 Å². The van der Waals surface area contributed by atoms with Crippen LogP contribution < -0.4 is 5.73 Å². The number of amides is 1. The molecular formula is C17H13Cl2N3O3S2. The predicted octanol–water partition coefficient (Wildman–Crippen LogP) is 5.34. The number of primary amides is 1. The highest BCUT2D eigenvalue weighted by atomic mass is 35.5. The molecule has 3 aromatic rings. The van der Waals surface area contributed by atoms with E-state index in [0.29, 0.717) is 23.4 Å². The first-order chi connectivity index (χ1) is 12.8. The number of rotatable bonds is 7. The molecule has 0 aliphatic heterocycles. The summed E-state index contributed by atoms with van der Waals surface area (Å²) < 4.78 is 1.99. The first kappa shape index (κ1) is 19.9. The average Bonchev–Trinajstić information content (AvgIpc) is 3.01. The van der Waals surface area contributed by atoms with Gasteiger partial charge in [-0.25, -0.2) is 4.98 Å². The number of carbonyl (C=O) groups is 1. The van der Waals surface area contributed by atoms with E-state index in [4.69, 9.17) is 28.9 Å². The van der Waals surface area contributed by atoms with Gasteiger partial charge in [-0.15, -0.1) is 11.3 Å². The van der Waals surface area contributed by atoms with E-state index in [-0.39, 0.29) is 16.3 Å². The molecule has 0 spiro atoms. The summed E-state index contributed by atoms with van der Waals surface area (Å²) in [5.74, 6) is -0.0363. The van der Waals surface area contributed by atoms with Crippen LogP contribution in [0.3, 0.4) is 0 Å².